The summed E-state index contributed by atoms with van der Waals surface area (Å²) in [5.74, 6) is -0.281. The highest BCUT2D eigenvalue weighted by atomic mass is 32.2. The summed E-state index contributed by atoms with van der Waals surface area (Å²) in [5.41, 5.74) is -0.0193. The first kappa shape index (κ1) is 16.8. The number of ether oxygens (including phenoxy) is 1. The topological polar surface area (TPSA) is 59.5 Å². The second-order valence-electron chi connectivity index (χ2n) is 5.67. The summed E-state index contributed by atoms with van der Waals surface area (Å²) in [6.45, 7) is 5.10. The first-order valence-electron chi connectivity index (χ1n) is 7.47. The number of nitrogens with zero attached hydrogens (tertiary/aromatic N) is 2. The molecule has 0 aliphatic carbocycles. The minimum absolute atomic E-state index is 0.0623. The molecule has 1 aliphatic rings. The van der Waals surface area contributed by atoms with Crippen molar-refractivity contribution in [3.8, 4) is 0 Å². The van der Waals surface area contributed by atoms with Gasteiger partial charge in [-0.05, 0) is 45.1 Å². The van der Waals surface area contributed by atoms with Gasteiger partial charge in [-0.25, -0.2) is 4.98 Å². The van der Waals surface area contributed by atoms with Gasteiger partial charge in [-0.1, -0.05) is 0 Å². The zero-order valence-electron chi connectivity index (χ0n) is 13.3. The number of carbonyl (C=O) groups is 2. The maximum Gasteiger partial charge on any atom is 0.313 e. The average molecular weight is 322 g/mol. The van der Waals surface area contributed by atoms with E-state index in [0.29, 0.717) is 25.3 Å². The molecule has 22 heavy (non-hydrogen) atoms. The van der Waals surface area contributed by atoms with Crippen LogP contribution in [0.4, 0.5) is 0 Å². The van der Waals surface area contributed by atoms with Crippen LogP contribution >= 0.6 is 11.8 Å². The fourth-order valence-corrected chi connectivity index (χ4v) is 3.31. The molecule has 0 aromatic carbocycles. The van der Waals surface area contributed by atoms with E-state index in [0.717, 1.165) is 17.9 Å². The quantitative estimate of drug-likeness (QED) is 0.630. The number of piperidine rings is 1. The van der Waals surface area contributed by atoms with Crippen molar-refractivity contribution in [2.24, 2.45) is 5.41 Å². The summed E-state index contributed by atoms with van der Waals surface area (Å²) in [6, 6.07) is 3.55. The Morgan fingerprint density at radius 1 is 1.50 bits per heavy atom. The predicted octanol–water partition coefficient (Wildman–Crippen LogP) is 2.61. The Kier molecular flexibility index (Phi) is 5.45. The van der Waals surface area contributed by atoms with E-state index in [-0.39, 0.29) is 11.9 Å². The molecule has 0 radical (unpaired) electrons. The second-order valence-corrected chi connectivity index (χ2v) is 6.47. The van der Waals surface area contributed by atoms with Crippen LogP contribution in [0.3, 0.4) is 0 Å². The zero-order chi connectivity index (χ0) is 16.2. The van der Waals surface area contributed by atoms with E-state index in [4.69, 9.17) is 4.74 Å². The molecule has 1 aromatic heterocycles. The van der Waals surface area contributed by atoms with Crippen LogP contribution in [0.5, 0.6) is 0 Å². The molecule has 1 aromatic rings. The van der Waals surface area contributed by atoms with E-state index in [9.17, 15) is 9.59 Å². The summed E-state index contributed by atoms with van der Waals surface area (Å²) < 4.78 is 5.17. The number of hydrogen-bond acceptors (Lipinski definition) is 5. The number of carbonyl (C=O) groups excluding carboxylic acids is 2. The Morgan fingerprint density at radius 2 is 2.27 bits per heavy atom. The van der Waals surface area contributed by atoms with E-state index in [2.05, 4.69) is 4.98 Å². The largest absolute Gasteiger partial charge is 0.466 e. The summed E-state index contributed by atoms with van der Waals surface area (Å²) in [4.78, 5) is 30.9. The highest BCUT2D eigenvalue weighted by Gasteiger charge is 2.41. The van der Waals surface area contributed by atoms with Crippen molar-refractivity contribution >= 4 is 23.6 Å². The van der Waals surface area contributed by atoms with E-state index in [1.54, 1.807) is 30.2 Å². The Hall–Kier alpha value is -1.56. The lowest BCUT2D eigenvalue weighted by molar-refractivity contribution is -0.157. The van der Waals surface area contributed by atoms with Gasteiger partial charge in [0.25, 0.3) is 5.91 Å². The minimum Gasteiger partial charge on any atom is -0.466 e. The Bertz CT molecular complexity index is 564. The molecule has 1 aliphatic heterocycles. The summed E-state index contributed by atoms with van der Waals surface area (Å²) in [5, 5.41) is 0.718. The van der Waals surface area contributed by atoms with Crippen LogP contribution in [0.15, 0.2) is 23.4 Å². The van der Waals surface area contributed by atoms with Gasteiger partial charge < -0.3 is 9.64 Å². The molecule has 0 bridgehead atoms. The van der Waals surface area contributed by atoms with Crippen molar-refractivity contribution in [2.45, 2.75) is 31.7 Å². The maximum absolute atomic E-state index is 12.8. The number of thioether (sulfide) groups is 1. The van der Waals surface area contributed by atoms with Crippen LogP contribution in [0.2, 0.25) is 0 Å². The lowest BCUT2D eigenvalue weighted by atomic mass is 9.81. The van der Waals surface area contributed by atoms with Gasteiger partial charge in [-0.3, -0.25) is 9.59 Å². The van der Waals surface area contributed by atoms with Gasteiger partial charge >= 0.3 is 5.97 Å². The lowest BCUT2D eigenvalue weighted by Gasteiger charge is -2.38. The molecule has 2 rings (SSSR count). The molecule has 0 saturated carbocycles. The number of pyridine rings is 1. The van der Waals surface area contributed by atoms with Gasteiger partial charge in [-0.2, -0.15) is 0 Å². The summed E-state index contributed by atoms with van der Waals surface area (Å²) in [6.07, 6.45) is 5.13. The van der Waals surface area contributed by atoms with Crippen molar-refractivity contribution in [1.29, 1.82) is 0 Å². The number of rotatable bonds is 4. The number of aromatic nitrogens is 1. The van der Waals surface area contributed by atoms with Crippen LogP contribution < -0.4 is 0 Å². The number of hydrogen-bond donors (Lipinski definition) is 0. The average Bonchev–Trinajstić information content (AvgIpc) is 2.54. The molecule has 0 spiro atoms. The third-order valence-corrected chi connectivity index (χ3v) is 4.66. The first-order valence-corrected chi connectivity index (χ1v) is 8.70. The van der Waals surface area contributed by atoms with Gasteiger partial charge in [-0.15, -0.1) is 11.8 Å². The Labute approximate surface area is 135 Å². The highest BCUT2D eigenvalue weighted by molar-refractivity contribution is 7.98. The van der Waals surface area contributed by atoms with Crippen molar-refractivity contribution in [3.63, 3.8) is 0 Å². The molecule has 1 saturated heterocycles. The van der Waals surface area contributed by atoms with Crippen molar-refractivity contribution in [1.82, 2.24) is 9.88 Å². The molecule has 6 heteroatoms. The van der Waals surface area contributed by atoms with E-state index in [1.807, 2.05) is 13.2 Å². The third kappa shape index (κ3) is 3.43. The molecule has 120 valence electrons. The SMILES string of the molecule is CCOC(=O)C1(C)CCCN(C(=O)c2cccnc2SC)C1. The molecule has 0 N–H and O–H groups in total. The van der Waals surface area contributed by atoms with Crippen LogP contribution in [0.1, 0.15) is 37.0 Å². The molecule has 2 heterocycles. The van der Waals surface area contributed by atoms with Crippen LogP contribution in [0.25, 0.3) is 0 Å². The number of likely N-dealkylation sites (tertiary alicyclic amines) is 1. The van der Waals surface area contributed by atoms with Crippen molar-refractivity contribution < 1.29 is 14.3 Å². The zero-order valence-corrected chi connectivity index (χ0v) is 14.1. The van der Waals surface area contributed by atoms with Gasteiger partial charge in [0, 0.05) is 19.3 Å². The lowest BCUT2D eigenvalue weighted by Crippen LogP contribution is -2.49. The highest BCUT2D eigenvalue weighted by Crippen LogP contribution is 2.32. The van der Waals surface area contributed by atoms with Gasteiger partial charge in [0.1, 0.15) is 5.03 Å². The van der Waals surface area contributed by atoms with Crippen LogP contribution in [0, 0.1) is 5.41 Å². The molecule has 1 atom stereocenters. The monoisotopic (exact) mass is 322 g/mol. The van der Waals surface area contributed by atoms with E-state index >= 15 is 0 Å². The van der Waals surface area contributed by atoms with Gasteiger partial charge in [0.15, 0.2) is 0 Å². The standard InChI is InChI=1S/C16H22N2O3S/c1-4-21-15(20)16(2)8-6-10-18(11-16)14(19)12-7-5-9-17-13(12)22-3/h5,7,9H,4,6,8,10-11H2,1-3H3. The van der Waals surface area contributed by atoms with Gasteiger partial charge in [0.05, 0.1) is 17.6 Å². The molecule has 5 nitrogen and oxygen atoms in total. The molecule has 1 unspecified atom stereocenters. The number of esters is 1. The maximum atomic E-state index is 12.8. The normalized spacial score (nSPS) is 21.5. The Balaban J connectivity index is 2.18. The second kappa shape index (κ2) is 7.13. The third-order valence-electron chi connectivity index (χ3n) is 3.95. The molecule has 1 fully saturated rings. The first-order chi connectivity index (χ1) is 10.5. The van der Waals surface area contributed by atoms with Crippen LogP contribution in [-0.4, -0.2) is 47.7 Å². The fraction of sp³-hybridized carbons (Fsp3) is 0.562. The van der Waals surface area contributed by atoms with Crippen molar-refractivity contribution in [3.05, 3.63) is 23.9 Å². The summed E-state index contributed by atoms with van der Waals surface area (Å²) >= 11 is 1.45. The fourth-order valence-electron chi connectivity index (χ4n) is 2.77. The minimum atomic E-state index is -0.619. The van der Waals surface area contributed by atoms with Crippen molar-refractivity contribution in [2.75, 3.05) is 26.0 Å². The van der Waals surface area contributed by atoms with Crippen LogP contribution in [-0.2, 0) is 9.53 Å². The smallest absolute Gasteiger partial charge is 0.313 e. The predicted molar refractivity (Wildman–Crippen MR) is 85.9 cm³/mol. The molecular weight excluding hydrogens is 300 g/mol. The Morgan fingerprint density at radius 3 is 2.95 bits per heavy atom. The van der Waals surface area contributed by atoms with E-state index in [1.165, 1.54) is 11.8 Å². The van der Waals surface area contributed by atoms with E-state index < -0.39 is 5.41 Å². The van der Waals surface area contributed by atoms with Gasteiger partial charge in [0.2, 0.25) is 0 Å². The molecular formula is C16H22N2O3S. The number of amides is 1. The molecule has 1 amide bonds. The summed E-state index contributed by atoms with van der Waals surface area (Å²) in [7, 11) is 0.